The van der Waals surface area contributed by atoms with Crippen LogP contribution in [-0.2, 0) is 0 Å². The Morgan fingerprint density at radius 1 is 1.12 bits per heavy atom. The number of H-pyrrole nitrogens is 1. The summed E-state index contributed by atoms with van der Waals surface area (Å²) in [4.78, 5) is 19.5. The van der Waals surface area contributed by atoms with Crippen molar-refractivity contribution < 1.29 is 9.26 Å². The molecule has 0 atom stereocenters. The smallest absolute Gasteiger partial charge is 0.259 e. The van der Waals surface area contributed by atoms with E-state index in [1.165, 1.54) is 0 Å². The lowest BCUT2D eigenvalue weighted by Gasteiger charge is -2.02. The second-order valence-corrected chi connectivity index (χ2v) is 5.48. The number of ether oxygens (including phenoxy) is 1. The summed E-state index contributed by atoms with van der Waals surface area (Å²) in [5.41, 5.74) is 1.66. The molecule has 4 aromatic rings. The Bertz CT molecular complexity index is 1080. The standard InChI is InChI=1S/C19H15N3O3/c1-2-24-14-9-7-12(8-10-14)19-21-17(22-25-19)15-11-13-5-3-4-6-16(13)20-18(15)23/h3-11H,2H2,1H3,(H,20,23). The minimum atomic E-state index is -0.252. The van der Waals surface area contributed by atoms with Gasteiger partial charge in [-0.1, -0.05) is 23.4 Å². The molecular formula is C19H15N3O3. The van der Waals surface area contributed by atoms with E-state index in [0.29, 0.717) is 18.1 Å². The van der Waals surface area contributed by atoms with Gasteiger partial charge < -0.3 is 14.2 Å². The molecule has 0 unspecified atom stereocenters. The molecule has 0 saturated carbocycles. The highest BCUT2D eigenvalue weighted by molar-refractivity contribution is 5.82. The molecule has 4 rings (SSSR count). The molecule has 0 amide bonds. The molecule has 2 heterocycles. The van der Waals surface area contributed by atoms with Crippen LogP contribution in [0.1, 0.15) is 6.92 Å². The van der Waals surface area contributed by atoms with Crippen molar-refractivity contribution in [2.45, 2.75) is 6.92 Å². The van der Waals surface area contributed by atoms with Crippen LogP contribution in [0.3, 0.4) is 0 Å². The molecule has 0 aliphatic rings. The van der Waals surface area contributed by atoms with Crippen LogP contribution < -0.4 is 10.3 Å². The Labute approximate surface area is 143 Å². The molecule has 6 nitrogen and oxygen atoms in total. The van der Waals surface area contributed by atoms with Crippen molar-refractivity contribution in [2.24, 2.45) is 0 Å². The predicted octanol–water partition coefficient (Wildman–Crippen LogP) is 3.64. The van der Waals surface area contributed by atoms with Gasteiger partial charge in [0.2, 0.25) is 5.82 Å². The second kappa shape index (κ2) is 6.24. The summed E-state index contributed by atoms with van der Waals surface area (Å²) in [5, 5.41) is 4.86. The van der Waals surface area contributed by atoms with Gasteiger partial charge in [0.25, 0.3) is 11.4 Å². The Morgan fingerprint density at radius 2 is 1.92 bits per heavy atom. The largest absolute Gasteiger partial charge is 0.494 e. The third kappa shape index (κ3) is 2.89. The van der Waals surface area contributed by atoms with Gasteiger partial charge in [0.05, 0.1) is 12.2 Å². The predicted molar refractivity (Wildman–Crippen MR) is 94.5 cm³/mol. The fourth-order valence-electron chi connectivity index (χ4n) is 2.62. The number of benzene rings is 2. The molecule has 0 aliphatic heterocycles. The monoisotopic (exact) mass is 333 g/mol. The molecule has 2 aromatic carbocycles. The first-order chi connectivity index (χ1) is 12.2. The maximum absolute atomic E-state index is 12.3. The van der Waals surface area contributed by atoms with Crippen LogP contribution >= 0.6 is 0 Å². The van der Waals surface area contributed by atoms with Crippen molar-refractivity contribution in [3.05, 3.63) is 65.0 Å². The number of nitrogens with one attached hydrogen (secondary N) is 1. The summed E-state index contributed by atoms with van der Waals surface area (Å²) < 4.78 is 10.7. The number of fused-ring (bicyclic) bond motifs is 1. The summed E-state index contributed by atoms with van der Waals surface area (Å²) in [6.45, 7) is 2.54. The molecule has 124 valence electrons. The van der Waals surface area contributed by atoms with Crippen molar-refractivity contribution in [1.82, 2.24) is 15.1 Å². The molecule has 1 N–H and O–H groups in total. The van der Waals surface area contributed by atoms with Crippen LogP contribution in [0.25, 0.3) is 33.7 Å². The van der Waals surface area contributed by atoms with Crippen LogP contribution in [-0.4, -0.2) is 21.7 Å². The third-order valence-electron chi connectivity index (χ3n) is 3.83. The van der Waals surface area contributed by atoms with E-state index in [0.717, 1.165) is 22.2 Å². The Balaban J connectivity index is 1.71. The van der Waals surface area contributed by atoms with E-state index in [4.69, 9.17) is 9.26 Å². The number of hydrogen-bond donors (Lipinski definition) is 1. The Kier molecular flexibility index (Phi) is 3.78. The highest BCUT2D eigenvalue weighted by Crippen LogP contribution is 2.24. The highest BCUT2D eigenvalue weighted by Gasteiger charge is 2.14. The molecule has 25 heavy (non-hydrogen) atoms. The number of hydrogen-bond acceptors (Lipinski definition) is 5. The van der Waals surface area contributed by atoms with E-state index in [9.17, 15) is 4.79 Å². The number of aromatic amines is 1. The van der Waals surface area contributed by atoms with Gasteiger partial charge in [0.1, 0.15) is 5.75 Å². The summed E-state index contributed by atoms with van der Waals surface area (Å²) in [6.07, 6.45) is 0. The first-order valence-corrected chi connectivity index (χ1v) is 7.94. The highest BCUT2D eigenvalue weighted by atomic mass is 16.5. The van der Waals surface area contributed by atoms with Crippen molar-refractivity contribution in [2.75, 3.05) is 6.61 Å². The van der Waals surface area contributed by atoms with Crippen molar-refractivity contribution in [3.63, 3.8) is 0 Å². The van der Waals surface area contributed by atoms with Crippen LogP contribution in [0.4, 0.5) is 0 Å². The van der Waals surface area contributed by atoms with E-state index < -0.39 is 0 Å². The lowest BCUT2D eigenvalue weighted by molar-refractivity contribution is 0.340. The van der Waals surface area contributed by atoms with E-state index in [-0.39, 0.29) is 11.4 Å². The summed E-state index contributed by atoms with van der Waals surface area (Å²) >= 11 is 0. The van der Waals surface area contributed by atoms with E-state index in [2.05, 4.69) is 15.1 Å². The molecule has 0 radical (unpaired) electrons. The maximum Gasteiger partial charge on any atom is 0.259 e. The lowest BCUT2D eigenvalue weighted by atomic mass is 10.1. The van der Waals surface area contributed by atoms with Gasteiger partial charge in [-0.25, -0.2) is 0 Å². The van der Waals surface area contributed by atoms with E-state index in [1.54, 1.807) is 6.07 Å². The van der Waals surface area contributed by atoms with Crippen LogP contribution in [0.2, 0.25) is 0 Å². The zero-order chi connectivity index (χ0) is 17.2. The van der Waals surface area contributed by atoms with Gasteiger partial charge in [-0.3, -0.25) is 4.79 Å². The quantitative estimate of drug-likeness (QED) is 0.616. The SMILES string of the molecule is CCOc1ccc(-c2nc(-c3cc4ccccc4[nH]c3=O)no2)cc1. The molecule has 0 bridgehead atoms. The molecular weight excluding hydrogens is 318 g/mol. The fraction of sp³-hybridized carbons (Fsp3) is 0.105. The van der Waals surface area contributed by atoms with E-state index in [1.807, 2.05) is 55.5 Å². The van der Waals surface area contributed by atoms with Gasteiger partial charge in [0, 0.05) is 11.1 Å². The van der Waals surface area contributed by atoms with Crippen molar-refractivity contribution in [3.8, 4) is 28.6 Å². The number of nitrogens with zero attached hydrogens (tertiary/aromatic N) is 2. The Hall–Kier alpha value is -3.41. The van der Waals surface area contributed by atoms with Gasteiger partial charge in [0.15, 0.2) is 0 Å². The topological polar surface area (TPSA) is 81.0 Å². The summed E-state index contributed by atoms with van der Waals surface area (Å²) in [5.74, 6) is 1.39. The summed E-state index contributed by atoms with van der Waals surface area (Å²) in [7, 11) is 0. The zero-order valence-corrected chi connectivity index (χ0v) is 13.5. The third-order valence-corrected chi connectivity index (χ3v) is 3.83. The van der Waals surface area contributed by atoms with Crippen molar-refractivity contribution in [1.29, 1.82) is 0 Å². The first-order valence-electron chi connectivity index (χ1n) is 7.94. The lowest BCUT2D eigenvalue weighted by Crippen LogP contribution is -2.09. The molecule has 2 aromatic heterocycles. The average Bonchev–Trinajstić information content (AvgIpc) is 3.12. The van der Waals surface area contributed by atoms with E-state index >= 15 is 0 Å². The van der Waals surface area contributed by atoms with Gasteiger partial charge in [-0.2, -0.15) is 4.98 Å². The number of aromatic nitrogens is 3. The van der Waals surface area contributed by atoms with Gasteiger partial charge >= 0.3 is 0 Å². The van der Waals surface area contributed by atoms with Crippen LogP contribution in [0, 0.1) is 0 Å². The molecule has 0 spiro atoms. The molecule has 6 heteroatoms. The van der Waals surface area contributed by atoms with Crippen LogP contribution in [0.15, 0.2) is 63.9 Å². The van der Waals surface area contributed by atoms with Crippen LogP contribution in [0.5, 0.6) is 5.75 Å². The fourth-order valence-corrected chi connectivity index (χ4v) is 2.62. The zero-order valence-electron chi connectivity index (χ0n) is 13.5. The molecule has 0 aliphatic carbocycles. The number of para-hydroxylation sites is 1. The molecule has 0 saturated heterocycles. The maximum atomic E-state index is 12.3. The summed E-state index contributed by atoms with van der Waals surface area (Å²) in [6, 6.07) is 16.7. The minimum absolute atomic E-state index is 0.252. The normalized spacial score (nSPS) is 10.9. The van der Waals surface area contributed by atoms with Gasteiger partial charge in [-0.05, 0) is 48.7 Å². The number of pyridine rings is 1. The average molecular weight is 333 g/mol. The molecule has 0 fully saturated rings. The number of rotatable bonds is 4. The Morgan fingerprint density at radius 3 is 2.72 bits per heavy atom. The minimum Gasteiger partial charge on any atom is -0.494 e. The van der Waals surface area contributed by atoms with Gasteiger partial charge in [-0.15, -0.1) is 0 Å². The first kappa shape index (κ1) is 15.1. The second-order valence-electron chi connectivity index (χ2n) is 5.48. The van der Waals surface area contributed by atoms with Crippen molar-refractivity contribution >= 4 is 10.9 Å².